The van der Waals surface area contributed by atoms with Crippen molar-refractivity contribution in [3.63, 3.8) is 0 Å². The van der Waals surface area contributed by atoms with Crippen LogP contribution in [0.15, 0.2) is 18.2 Å². The van der Waals surface area contributed by atoms with Gasteiger partial charge in [0.1, 0.15) is 5.75 Å². The van der Waals surface area contributed by atoms with Gasteiger partial charge in [0.2, 0.25) is 0 Å². The lowest BCUT2D eigenvalue weighted by molar-refractivity contribution is 0.0942. The molecule has 5 heteroatoms. The third-order valence-electron chi connectivity index (χ3n) is 3.85. The first-order chi connectivity index (χ1) is 10.1. The third kappa shape index (κ3) is 4.36. The Hall–Kier alpha value is -1.75. The molecule has 1 aliphatic rings. The van der Waals surface area contributed by atoms with Crippen LogP contribution in [0, 0.1) is 5.92 Å². The van der Waals surface area contributed by atoms with Crippen molar-refractivity contribution >= 4 is 11.6 Å². The van der Waals surface area contributed by atoms with Crippen LogP contribution in [0.4, 0.5) is 5.69 Å². The predicted molar refractivity (Wildman–Crippen MR) is 84.6 cm³/mol. The Morgan fingerprint density at radius 3 is 2.81 bits per heavy atom. The molecule has 5 nitrogen and oxygen atoms in total. The fourth-order valence-corrected chi connectivity index (χ4v) is 2.74. The number of nitrogens with one attached hydrogen (secondary N) is 1. The second kappa shape index (κ2) is 7.31. The summed E-state index contributed by atoms with van der Waals surface area (Å²) < 4.78 is 5.21. The number of amides is 1. The molecule has 1 fully saturated rings. The topological polar surface area (TPSA) is 67.6 Å². The summed E-state index contributed by atoms with van der Waals surface area (Å²) in [6.45, 7) is 6.22. The van der Waals surface area contributed by atoms with E-state index in [1.54, 1.807) is 25.3 Å². The second-order valence-electron chi connectivity index (χ2n) is 5.78. The third-order valence-corrected chi connectivity index (χ3v) is 3.85. The number of benzene rings is 1. The van der Waals surface area contributed by atoms with E-state index in [1.807, 2.05) is 0 Å². The molecule has 1 aliphatic heterocycles. The van der Waals surface area contributed by atoms with Crippen LogP contribution >= 0.6 is 0 Å². The minimum atomic E-state index is -0.132. The summed E-state index contributed by atoms with van der Waals surface area (Å²) >= 11 is 0. The summed E-state index contributed by atoms with van der Waals surface area (Å²) in [4.78, 5) is 14.7. The molecule has 1 saturated heterocycles. The van der Waals surface area contributed by atoms with Crippen LogP contribution in [0.2, 0.25) is 0 Å². The smallest absolute Gasteiger partial charge is 0.255 e. The zero-order chi connectivity index (χ0) is 15.2. The van der Waals surface area contributed by atoms with Gasteiger partial charge in [-0.05, 0) is 50.0 Å². The van der Waals surface area contributed by atoms with Gasteiger partial charge in [0, 0.05) is 18.8 Å². The molecule has 2 rings (SSSR count). The van der Waals surface area contributed by atoms with E-state index >= 15 is 0 Å². The molecule has 1 atom stereocenters. The van der Waals surface area contributed by atoms with E-state index in [4.69, 9.17) is 10.5 Å². The van der Waals surface area contributed by atoms with Crippen LogP contribution < -0.4 is 15.8 Å². The van der Waals surface area contributed by atoms with Gasteiger partial charge in [0.25, 0.3) is 5.91 Å². The number of methoxy groups -OCH3 is 1. The molecule has 0 aliphatic carbocycles. The SMILES string of the molecule is COc1ccc(N)cc1C(=O)NCC(C)CN1CCCC1. The predicted octanol–water partition coefficient (Wildman–Crippen LogP) is 1.74. The lowest BCUT2D eigenvalue weighted by Crippen LogP contribution is -2.34. The Balaban J connectivity index is 1.87. The fraction of sp³-hybridized carbons (Fsp3) is 0.562. The molecular weight excluding hydrogens is 266 g/mol. The van der Waals surface area contributed by atoms with Gasteiger partial charge in [-0.2, -0.15) is 0 Å². The van der Waals surface area contributed by atoms with Crippen molar-refractivity contribution in [2.75, 3.05) is 39.0 Å². The highest BCUT2D eigenvalue weighted by atomic mass is 16.5. The molecular formula is C16H25N3O2. The average Bonchev–Trinajstić information content (AvgIpc) is 2.97. The van der Waals surface area contributed by atoms with E-state index in [-0.39, 0.29) is 5.91 Å². The van der Waals surface area contributed by atoms with Crippen molar-refractivity contribution < 1.29 is 9.53 Å². The van der Waals surface area contributed by atoms with E-state index in [9.17, 15) is 4.79 Å². The minimum absolute atomic E-state index is 0.132. The highest BCUT2D eigenvalue weighted by Crippen LogP contribution is 2.21. The highest BCUT2D eigenvalue weighted by molar-refractivity contribution is 5.97. The summed E-state index contributed by atoms with van der Waals surface area (Å²) in [6.07, 6.45) is 2.58. The van der Waals surface area contributed by atoms with Gasteiger partial charge in [-0.25, -0.2) is 0 Å². The van der Waals surface area contributed by atoms with Gasteiger partial charge < -0.3 is 20.7 Å². The largest absolute Gasteiger partial charge is 0.496 e. The van der Waals surface area contributed by atoms with Gasteiger partial charge in [-0.3, -0.25) is 4.79 Å². The maximum absolute atomic E-state index is 12.3. The van der Waals surface area contributed by atoms with Crippen LogP contribution in [0.5, 0.6) is 5.75 Å². The Morgan fingerprint density at radius 1 is 1.43 bits per heavy atom. The van der Waals surface area contributed by atoms with Gasteiger partial charge in [-0.15, -0.1) is 0 Å². The average molecular weight is 291 g/mol. The van der Waals surface area contributed by atoms with Crippen LogP contribution in [0.25, 0.3) is 0 Å². The number of rotatable bonds is 6. The second-order valence-corrected chi connectivity index (χ2v) is 5.78. The number of anilines is 1. The van der Waals surface area contributed by atoms with Gasteiger partial charge >= 0.3 is 0 Å². The summed E-state index contributed by atoms with van der Waals surface area (Å²) in [7, 11) is 1.55. The number of nitrogen functional groups attached to an aromatic ring is 1. The number of carbonyl (C=O) groups is 1. The molecule has 1 heterocycles. The molecule has 0 aromatic heterocycles. The summed E-state index contributed by atoms with van der Waals surface area (Å²) in [5.41, 5.74) is 6.80. The van der Waals surface area contributed by atoms with E-state index < -0.39 is 0 Å². The van der Waals surface area contributed by atoms with Crippen LogP contribution in [0.1, 0.15) is 30.1 Å². The number of hydrogen-bond donors (Lipinski definition) is 2. The molecule has 21 heavy (non-hydrogen) atoms. The molecule has 3 N–H and O–H groups in total. The monoisotopic (exact) mass is 291 g/mol. The molecule has 0 radical (unpaired) electrons. The zero-order valence-corrected chi connectivity index (χ0v) is 12.9. The van der Waals surface area contributed by atoms with Gasteiger partial charge in [-0.1, -0.05) is 6.92 Å². The maximum Gasteiger partial charge on any atom is 0.255 e. The Bertz CT molecular complexity index is 484. The standard InChI is InChI=1S/C16H25N3O2/c1-12(11-19-7-3-4-8-19)10-18-16(20)14-9-13(17)5-6-15(14)21-2/h5-6,9,12H,3-4,7-8,10-11,17H2,1-2H3,(H,18,20). The first-order valence-electron chi connectivity index (χ1n) is 7.54. The fourth-order valence-electron chi connectivity index (χ4n) is 2.74. The Kier molecular flexibility index (Phi) is 5.44. The quantitative estimate of drug-likeness (QED) is 0.783. The zero-order valence-electron chi connectivity index (χ0n) is 12.9. The van der Waals surface area contributed by atoms with E-state index in [0.717, 1.165) is 6.54 Å². The van der Waals surface area contributed by atoms with Crippen LogP contribution in [0.3, 0.4) is 0 Å². The van der Waals surface area contributed by atoms with Crippen molar-refractivity contribution in [2.24, 2.45) is 5.92 Å². The summed E-state index contributed by atoms with van der Waals surface area (Å²) in [5, 5.41) is 2.97. The lowest BCUT2D eigenvalue weighted by Gasteiger charge is -2.20. The maximum atomic E-state index is 12.3. The number of nitrogens with zero attached hydrogens (tertiary/aromatic N) is 1. The first kappa shape index (κ1) is 15.6. The molecule has 0 bridgehead atoms. The van der Waals surface area contributed by atoms with E-state index in [0.29, 0.717) is 29.5 Å². The van der Waals surface area contributed by atoms with E-state index in [1.165, 1.54) is 25.9 Å². The van der Waals surface area contributed by atoms with Crippen molar-refractivity contribution in [1.29, 1.82) is 0 Å². The van der Waals surface area contributed by atoms with Gasteiger partial charge in [0.15, 0.2) is 0 Å². The minimum Gasteiger partial charge on any atom is -0.496 e. The number of nitrogens with two attached hydrogens (primary N) is 1. The Morgan fingerprint density at radius 2 is 2.14 bits per heavy atom. The van der Waals surface area contributed by atoms with Crippen LogP contribution in [-0.4, -0.2) is 44.1 Å². The summed E-state index contributed by atoms with van der Waals surface area (Å²) in [5.74, 6) is 0.848. The molecule has 0 saturated carbocycles. The first-order valence-corrected chi connectivity index (χ1v) is 7.54. The van der Waals surface area contributed by atoms with Crippen LogP contribution in [-0.2, 0) is 0 Å². The van der Waals surface area contributed by atoms with Gasteiger partial charge in [0.05, 0.1) is 12.7 Å². The summed E-state index contributed by atoms with van der Waals surface area (Å²) in [6, 6.07) is 5.10. The van der Waals surface area contributed by atoms with Crippen molar-refractivity contribution in [1.82, 2.24) is 10.2 Å². The molecule has 1 aromatic carbocycles. The molecule has 1 unspecified atom stereocenters. The number of carbonyl (C=O) groups excluding carboxylic acids is 1. The van der Waals surface area contributed by atoms with Crippen molar-refractivity contribution in [3.05, 3.63) is 23.8 Å². The van der Waals surface area contributed by atoms with Crippen molar-refractivity contribution in [3.8, 4) is 5.75 Å². The molecule has 1 amide bonds. The van der Waals surface area contributed by atoms with E-state index in [2.05, 4.69) is 17.1 Å². The molecule has 116 valence electrons. The normalized spacial score (nSPS) is 16.7. The molecule has 0 spiro atoms. The number of ether oxygens (including phenoxy) is 1. The molecule has 1 aromatic rings. The number of hydrogen-bond acceptors (Lipinski definition) is 4. The Labute approximate surface area is 126 Å². The number of likely N-dealkylation sites (tertiary alicyclic amines) is 1. The lowest BCUT2D eigenvalue weighted by atomic mass is 10.1. The highest BCUT2D eigenvalue weighted by Gasteiger charge is 2.17. The van der Waals surface area contributed by atoms with Crippen molar-refractivity contribution in [2.45, 2.75) is 19.8 Å².